The third kappa shape index (κ3) is 7.30. The van der Waals surface area contributed by atoms with Crippen LogP contribution >= 0.6 is 0 Å². The highest BCUT2D eigenvalue weighted by molar-refractivity contribution is 5.99. The molecule has 2 aromatic carbocycles. The molecule has 3 N–H and O–H groups in total. The standard InChI is InChI=1S/C33H39FN6O6/c1-20(41)37-23-15-24-19-46-29-10-8-22(34)14-26(29)33(45)39(3)28(9-11-30(42)38(2)18-31(43)40(24)17-23)32(44)35-13-12-21-16-36-27-7-5-4-6-25(21)27/h4-8,10,14,16,23-24,28,36H,9,11-13,15,17-19H2,1-3H3,(H,35,44)(H,37,41)/t23-,24-,28+/m0/s1. The van der Waals surface area contributed by atoms with Crippen LogP contribution in [0.1, 0.15) is 42.1 Å². The van der Waals surface area contributed by atoms with E-state index in [1.54, 1.807) is 4.90 Å². The number of aromatic nitrogens is 1. The van der Waals surface area contributed by atoms with E-state index >= 15 is 0 Å². The van der Waals surface area contributed by atoms with Gasteiger partial charge in [0.1, 0.15) is 24.2 Å². The number of fused-ring (bicyclic) bond motifs is 3. The quantitative estimate of drug-likeness (QED) is 0.391. The number of H-pyrrole nitrogens is 1. The van der Waals surface area contributed by atoms with Crippen LogP contribution in [0.15, 0.2) is 48.7 Å². The number of hydrogen-bond donors (Lipinski definition) is 3. The summed E-state index contributed by atoms with van der Waals surface area (Å²) in [6.45, 7) is 1.66. The van der Waals surface area contributed by atoms with Gasteiger partial charge in [-0.25, -0.2) is 4.39 Å². The minimum absolute atomic E-state index is 0.0268. The van der Waals surface area contributed by atoms with Gasteiger partial charge in [-0.1, -0.05) is 18.2 Å². The summed E-state index contributed by atoms with van der Waals surface area (Å²) in [5, 5.41) is 6.77. The first-order valence-corrected chi connectivity index (χ1v) is 15.3. The molecule has 2 aliphatic rings. The molecule has 5 amide bonds. The largest absolute Gasteiger partial charge is 0.491 e. The lowest BCUT2D eigenvalue weighted by Gasteiger charge is -2.28. The van der Waals surface area contributed by atoms with Crippen molar-refractivity contribution in [3.63, 3.8) is 0 Å². The van der Waals surface area contributed by atoms with Crippen LogP contribution in [-0.2, 0) is 25.6 Å². The van der Waals surface area contributed by atoms with Crippen molar-refractivity contribution in [1.82, 2.24) is 30.3 Å². The summed E-state index contributed by atoms with van der Waals surface area (Å²) in [5.74, 6) is -2.63. The molecule has 1 fully saturated rings. The van der Waals surface area contributed by atoms with Gasteiger partial charge < -0.3 is 35.1 Å². The molecule has 46 heavy (non-hydrogen) atoms. The number of para-hydroxylation sites is 1. The minimum Gasteiger partial charge on any atom is -0.491 e. The van der Waals surface area contributed by atoms with Crippen LogP contribution < -0.4 is 15.4 Å². The van der Waals surface area contributed by atoms with Crippen molar-refractivity contribution in [2.24, 2.45) is 0 Å². The lowest BCUT2D eigenvalue weighted by Crippen LogP contribution is -2.49. The van der Waals surface area contributed by atoms with Crippen molar-refractivity contribution in [2.45, 2.75) is 50.7 Å². The van der Waals surface area contributed by atoms with Gasteiger partial charge in [-0.3, -0.25) is 24.0 Å². The zero-order valence-electron chi connectivity index (χ0n) is 26.2. The Balaban J connectivity index is 1.38. The lowest BCUT2D eigenvalue weighted by atomic mass is 10.1. The van der Waals surface area contributed by atoms with Gasteiger partial charge >= 0.3 is 0 Å². The zero-order valence-corrected chi connectivity index (χ0v) is 26.2. The first kappa shape index (κ1) is 32.5. The maximum atomic E-state index is 14.5. The number of carbonyl (C=O) groups excluding carboxylic acids is 5. The third-order valence-corrected chi connectivity index (χ3v) is 8.63. The normalized spacial score (nSPS) is 21.3. The first-order chi connectivity index (χ1) is 22.0. The molecule has 0 unspecified atom stereocenters. The highest BCUT2D eigenvalue weighted by Crippen LogP contribution is 2.26. The molecule has 0 radical (unpaired) electrons. The number of amides is 5. The van der Waals surface area contributed by atoms with Crippen molar-refractivity contribution in [3.8, 4) is 5.75 Å². The molecule has 3 aromatic rings. The second-order valence-corrected chi connectivity index (χ2v) is 11.9. The third-order valence-electron chi connectivity index (χ3n) is 8.63. The summed E-state index contributed by atoms with van der Waals surface area (Å²) in [4.78, 5) is 72.9. The molecule has 244 valence electrons. The van der Waals surface area contributed by atoms with Crippen LogP contribution in [0.25, 0.3) is 10.9 Å². The monoisotopic (exact) mass is 634 g/mol. The first-order valence-electron chi connectivity index (χ1n) is 15.3. The Morgan fingerprint density at radius 1 is 1.09 bits per heavy atom. The highest BCUT2D eigenvalue weighted by atomic mass is 19.1. The average Bonchev–Trinajstić information content (AvgIpc) is 3.63. The maximum absolute atomic E-state index is 14.5. The molecule has 3 atom stereocenters. The fourth-order valence-corrected chi connectivity index (χ4v) is 6.20. The van der Waals surface area contributed by atoms with Crippen LogP contribution in [0.5, 0.6) is 5.75 Å². The van der Waals surface area contributed by atoms with Crippen molar-refractivity contribution in [3.05, 3.63) is 65.6 Å². The molecule has 1 saturated heterocycles. The molecule has 1 aromatic heterocycles. The van der Waals surface area contributed by atoms with E-state index in [1.165, 1.54) is 43.0 Å². The predicted octanol–water partition coefficient (Wildman–Crippen LogP) is 1.84. The Morgan fingerprint density at radius 3 is 2.65 bits per heavy atom. The van der Waals surface area contributed by atoms with E-state index in [0.29, 0.717) is 12.8 Å². The van der Waals surface area contributed by atoms with Gasteiger partial charge in [-0.15, -0.1) is 0 Å². The Morgan fingerprint density at radius 2 is 1.87 bits per heavy atom. The van der Waals surface area contributed by atoms with Crippen molar-refractivity contribution >= 4 is 40.4 Å². The van der Waals surface area contributed by atoms with Crippen LogP contribution in [0.2, 0.25) is 0 Å². The number of halogens is 1. The number of benzene rings is 2. The molecule has 3 heterocycles. The molecule has 0 aliphatic carbocycles. The van der Waals surface area contributed by atoms with E-state index < -0.39 is 29.7 Å². The van der Waals surface area contributed by atoms with Crippen molar-refractivity contribution in [2.75, 3.05) is 40.3 Å². The molecule has 0 bridgehead atoms. The van der Waals surface area contributed by atoms with E-state index in [2.05, 4.69) is 15.6 Å². The van der Waals surface area contributed by atoms with E-state index in [0.717, 1.165) is 22.5 Å². The van der Waals surface area contributed by atoms with Crippen LogP contribution in [-0.4, -0.2) is 108 Å². The van der Waals surface area contributed by atoms with Gasteiger partial charge in [-0.2, -0.15) is 0 Å². The van der Waals surface area contributed by atoms with Gasteiger partial charge in [0.15, 0.2) is 0 Å². The number of likely N-dealkylation sites (N-methyl/N-ethyl adjacent to an activating group) is 2. The van der Waals surface area contributed by atoms with Gasteiger partial charge in [0.2, 0.25) is 23.6 Å². The highest BCUT2D eigenvalue weighted by Gasteiger charge is 2.38. The lowest BCUT2D eigenvalue weighted by molar-refractivity contribution is -0.140. The molecular weight excluding hydrogens is 595 g/mol. The van der Waals surface area contributed by atoms with Gasteiger partial charge in [0, 0.05) is 63.7 Å². The Bertz CT molecular complexity index is 1640. The summed E-state index contributed by atoms with van der Waals surface area (Å²) in [5.41, 5.74) is 1.92. The van der Waals surface area contributed by atoms with Crippen LogP contribution in [0.3, 0.4) is 0 Å². The summed E-state index contributed by atoms with van der Waals surface area (Å²) in [6, 6.07) is 9.54. The number of nitrogens with one attached hydrogen (secondary N) is 3. The summed E-state index contributed by atoms with van der Waals surface area (Å²) >= 11 is 0. The molecular formula is C33H39FN6O6. The molecule has 2 aliphatic heterocycles. The second-order valence-electron chi connectivity index (χ2n) is 11.9. The summed E-state index contributed by atoms with van der Waals surface area (Å²) < 4.78 is 20.5. The summed E-state index contributed by atoms with van der Waals surface area (Å²) in [7, 11) is 2.95. The molecule has 0 saturated carbocycles. The van der Waals surface area contributed by atoms with Crippen LogP contribution in [0, 0.1) is 5.82 Å². The summed E-state index contributed by atoms with van der Waals surface area (Å²) in [6.07, 6.45) is 2.68. The molecule has 5 rings (SSSR count). The smallest absolute Gasteiger partial charge is 0.258 e. The zero-order chi connectivity index (χ0) is 33.0. The Labute approximate surface area is 266 Å². The van der Waals surface area contributed by atoms with Gasteiger partial charge in [-0.05, 0) is 49.1 Å². The fourth-order valence-electron chi connectivity index (χ4n) is 6.20. The van der Waals surface area contributed by atoms with Crippen molar-refractivity contribution < 1.29 is 33.1 Å². The Kier molecular flexibility index (Phi) is 9.88. The van der Waals surface area contributed by atoms with Crippen molar-refractivity contribution in [1.29, 1.82) is 0 Å². The second kappa shape index (κ2) is 14.0. The van der Waals surface area contributed by atoms with E-state index in [1.807, 2.05) is 30.5 Å². The number of ether oxygens (including phenoxy) is 1. The number of aromatic amines is 1. The number of carbonyl (C=O) groups is 5. The van der Waals surface area contributed by atoms with E-state index in [-0.39, 0.29) is 74.2 Å². The molecule has 13 heteroatoms. The fraction of sp³-hybridized carbons (Fsp3) is 0.424. The Hall–Kier alpha value is -4.94. The van der Waals surface area contributed by atoms with E-state index in [4.69, 9.17) is 4.74 Å². The van der Waals surface area contributed by atoms with Gasteiger partial charge in [0.25, 0.3) is 5.91 Å². The number of rotatable bonds is 5. The SMILES string of the molecule is CC(=O)N[C@H]1C[C@H]2COc3ccc(F)cc3C(=O)N(C)[C@@H](C(=O)NCCc3c[nH]c4ccccc34)CCC(=O)N(C)CC(=O)N2C1. The van der Waals surface area contributed by atoms with Crippen LogP contribution in [0.4, 0.5) is 4.39 Å². The van der Waals surface area contributed by atoms with E-state index in [9.17, 15) is 28.4 Å². The topological polar surface area (TPSA) is 144 Å². The number of hydrogen-bond acceptors (Lipinski definition) is 6. The predicted molar refractivity (Wildman–Crippen MR) is 167 cm³/mol. The average molecular weight is 635 g/mol. The minimum atomic E-state index is -1.06. The number of nitrogens with zero attached hydrogens (tertiary/aromatic N) is 3. The molecule has 12 nitrogen and oxygen atoms in total. The van der Waals surface area contributed by atoms with Gasteiger partial charge in [0.05, 0.1) is 18.2 Å². The molecule has 0 spiro atoms. The maximum Gasteiger partial charge on any atom is 0.258 e.